The van der Waals surface area contributed by atoms with Crippen LogP contribution in [0.2, 0.25) is 0 Å². The second-order valence-corrected chi connectivity index (χ2v) is 4.56. The van der Waals surface area contributed by atoms with Crippen molar-refractivity contribution >= 4 is 25.0 Å². The predicted octanol–water partition coefficient (Wildman–Crippen LogP) is 2.89. The van der Waals surface area contributed by atoms with Crippen molar-refractivity contribution in [1.29, 1.82) is 0 Å². The van der Waals surface area contributed by atoms with Gasteiger partial charge in [0.15, 0.2) is 0 Å². The summed E-state index contributed by atoms with van der Waals surface area (Å²) in [5, 5.41) is 0.527. The summed E-state index contributed by atoms with van der Waals surface area (Å²) >= 11 is 0. The van der Waals surface area contributed by atoms with Crippen LogP contribution >= 0.6 is 0 Å². The summed E-state index contributed by atoms with van der Waals surface area (Å²) < 4.78 is 38.0. The van der Waals surface area contributed by atoms with Crippen molar-refractivity contribution in [2.45, 2.75) is 0 Å². The lowest BCUT2D eigenvalue weighted by Gasteiger charge is -2.06. The highest BCUT2D eigenvalue weighted by atomic mass is 28.5. The Bertz CT molecular complexity index is 457. The summed E-state index contributed by atoms with van der Waals surface area (Å²) in [6, 6.07) is 10.9. The van der Waals surface area contributed by atoms with Crippen molar-refractivity contribution in [3.63, 3.8) is 0 Å². The monoisotopic (exact) mass is 212 g/mol. The van der Waals surface area contributed by atoms with E-state index in [1.54, 1.807) is 24.3 Å². The molecule has 0 aromatic heterocycles. The molecular formula is C10H7F3Si. The second kappa shape index (κ2) is 3.13. The van der Waals surface area contributed by atoms with E-state index in [1.165, 1.54) is 12.1 Å². The van der Waals surface area contributed by atoms with Gasteiger partial charge in [0.2, 0.25) is 0 Å². The Morgan fingerprint density at radius 1 is 0.786 bits per heavy atom. The third kappa shape index (κ3) is 1.53. The fourth-order valence-electron chi connectivity index (χ4n) is 1.47. The molecule has 4 heteroatoms. The van der Waals surface area contributed by atoms with Crippen molar-refractivity contribution in [3.8, 4) is 0 Å². The SMILES string of the molecule is F[Si](F)(F)c1cccc2ccccc12. The molecule has 0 bridgehead atoms. The zero-order valence-electron chi connectivity index (χ0n) is 7.18. The van der Waals surface area contributed by atoms with Crippen molar-refractivity contribution in [1.82, 2.24) is 0 Å². The van der Waals surface area contributed by atoms with Crippen molar-refractivity contribution in [3.05, 3.63) is 42.5 Å². The van der Waals surface area contributed by atoms with Crippen LogP contribution in [0, 0.1) is 0 Å². The number of hydrogen-bond acceptors (Lipinski definition) is 0. The molecule has 0 spiro atoms. The molecule has 0 atom stereocenters. The first-order valence-electron chi connectivity index (χ1n) is 4.14. The Morgan fingerprint density at radius 2 is 1.43 bits per heavy atom. The topological polar surface area (TPSA) is 0 Å². The molecule has 2 aromatic rings. The van der Waals surface area contributed by atoms with Gasteiger partial charge in [0.1, 0.15) is 0 Å². The van der Waals surface area contributed by atoms with E-state index in [-0.39, 0.29) is 0 Å². The van der Waals surface area contributed by atoms with Crippen molar-refractivity contribution < 1.29 is 12.3 Å². The van der Waals surface area contributed by atoms with Crippen LogP contribution in [-0.4, -0.2) is 9.08 Å². The Morgan fingerprint density at radius 3 is 2.14 bits per heavy atom. The van der Waals surface area contributed by atoms with Crippen LogP contribution in [0.4, 0.5) is 12.3 Å². The van der Waals surface area contributed by atoms with Gasteiger partial charge in [-0.05, 0) is 10.8 Å². The highest BCUT2D eigenvalue weighted by Gasteiger charge is 2.41. The zero-order chi connectivity index (χ0) is 10.2. The first-order chi connectivity index (χ1) is 6.59. The molecule has 0 nitrogen and oxygen atoms in total. The fourth-order valence-corrected chi connectivity index (χ4v) is 2.29. The van der Waals surface area contributed by atoms with E-state index in [9.17, 15) is 12.3 Å². The Balaban J connectivity index is 2.78. The molecule has 0 saturated heterocycles. The lowest BCUT2D eigenvalue weighted by atomic mass is 10.1. The first-order valence-corrected chi connectivity index (χ1v) is 5.77. The van der Waals surface area contributed by atoms with Gasteiger partial charge in [-0.15, -0.1) is 0 Å². The maximum Gasteiger partial charge on any atom is 0.653 e. The first kappa shape index (κ1) is 9.27. The smallest absolute Gasteiger partial charge is 0.234 e. The van der Waals surface area contributed by atoms with Gasteiger partial charge in [-0.3, -0.25) is 0 Å². The van der Waals surface area contributed by atoms with Gasteiger partial charge >= 0.3 is 9.08 Å². The van der Waals surface area contributed by atoms with E-state index in [0.717, 1.165) is 6.07 Å². The molecule has 14 heavy (non-hydrogen) atoms. The quantitative estimate of drug-likeness (QED) is 0.503. The summed E-state index contributed by atoms with van der Waals surface area (Å²) in [7, 11) is -5.70. The molecule has 0 aliphatic heterocycles. The molecule has 72 valence electrons. The van der Waals surface area contributed by atoms with E-state index >= 15 is 0 Å². The van der Waals surface area contributed by atoms with Crippen LogP contribution in [0.15, 0.2) is 42.5 Å². The molecule has 0 amide bonds. The van der Waals surface area contributed by atoms with Gasteiger partial charge in [-0.25, -0.2) is 12.3 Å². The van der Waals surface area contributed by atoms with Crippen LogP contribution < -0.4 is 5.19 Å². The van der Waals surface area contributed by atoms with Gasteiger partial charge < -0.3 is 0 Å². The van der Waals surface area contributed by atoms with Crippen LogP contribution in [0.1, 0.15) is 0 Å². The lowest BCUT2D eigenvalue weighted by Crippen LogP contribution is -2.34. The summed E-state index contributed by atoms with van der Waals surface area (Å²) in [4.78, 5) is 0. The molecule has 0 heterocycles. The van der Waals surface area contributed by atoms with Gasteiger partial charge in [0, 0.05) is 5.19 Å². The molecule has 2 rings (SSSR count). The van der Waals surface area contributed by atoms with Gasteiger partial charge in [0.05, 0.1) is 0 Å². The maximum atomic E-state index is 12.7. The summed E-state index contributed by atoms with van der Waals surface area (Å²) in [6.07, 6.45) is 0. The molecular weight excluding hydrogens is 205 g/mol. The van der Waals surface area contributed by atoms with Crippen molar-refractivity contribution in [2.24, 2.45) is 0 Å². The van der Waals surface area contributed by atoms with E-state index in [2.05, 4.69) is 0 Å². The average Bonchev–Trinajstić information content (AvgIpc) is 2.15. The zero-order valence-corrected chi connectivity index (χ0v) is 8.18. The van der Waals surface area contributed by atoms with Crippen LogP contribution in [0.5, 0.6) is 0 Å². The van der Waals surface area contributed by atoms with E-state index in [0.29, 0.717) is 10.8 Å². The minimum Gasteiger partial charge on any atom is -0.234 e. The normalized spacial score (nSPS) is 11.9. The summed E-state index contributed by atoms with van der Waals surface area (Å²) in [6.45, 7) is 0. The predicted molar refractivity (Wildman–Crippen MR) is 52.7 cm³/mol. The molecule has 0 N–H and O–H groups in total. The van der Waals surface area contributed by atoms with E-state index < -0.39 is 14.3 Å². The van der Waals surface area contributed by atoms with Crippen molar-refractivity contribution in [2.75, 3.05) is 0 Å². The van der Waals surface area contributed by atoms with E-state index in [4.69, 9.17) is 0 Å². The number of halogens is 3. The minimum absolute atomic E-state index is 0.314. The number of fused-ring (bicyclic) bond motifs is 1. The molecule has 2 aromatic carbocycles. The van der Waals surface area contributed by atoms with Gasteiger partial charge in [0.25, 0.3) is 0 Å². The Labute approximate surface area is 80.5 Å². The lowest BCUT2D eigenvalue weighted by molar-refractivity contribution is 0.502. The third-order valence-corrected chi connectivity index (χ3v) is 3.14. The van der Waals surface area contributed by atoms with Gasteiger partial charge in [-0.2, -0.15) is 0 Å². The Kier molecular flexibility index (Phi) is 2.07. The molecule has 0 unspecified atom stereocenters. The number of rotatable bonds is 1. The highest BCUT2D eigenvalue weighted by Crippen LogP contribution is 2.17. The van der Waals surface area contributed by atoms with Gasteiger partial charge in [-0.1, -0.05) is 42.5 Å². The molecule has 0 aliphatic rings. The summed E-state index contributed by atoms with van der Waals surface area (Å²) in [5.74, 6) is 0. The third-order valence-electron chi connectivity index (χ3n) is 2.10. The second-order valence-electron chi connectivity index (χ2n) is 3.02. The number of benzene rings is 2. The number of hydrogen-bond donors (Lipinski definition) is 0. The molecule has 0 saturated carbocycles. The largest absolute Gasteiger partial charge is 0.653 e. The van der Waals surface area contributed by atoms with Crippen LogP contribution in [0.25, 0.3) is 10.8 Å². The average molecular weight is 212 g/mol. The fraction of sp³-hybridized carbons (Fsp3) is 0. The van der Waals surface area contributed by atoms with E-state index in [1.807, 2.05) is 0 Å². The van der Waals surface area contributed by atoms with Crippen LogP contribution in [-0.2, 0) is 0 Å². The molecule has 0 radical (unpaired) electrons. The standard InChI is InChI=1S/C10H7F3Si/c11-14(12,13)10-7-3-5-8-4-1-2-6-9(8)10/h1-7H. The Hall–Kier alpha value is -1.29. The maximum absolute atomic E-state index is 12.7. The molecule has 0 aliphatic carbocycles. The molecule has 0 fully saturated rings. The minimum atomic E-state index is -5.70. The summed E-state index contributed by atoms with van der Waals surface area (Å²) in [5.41, 5.74) is 0. The van der Waals surface area contributed by atoms with Crippen LogP contribution in [0.3, 0.4) is 0 Å². The highest BCUT2D eigenvalue weighted by molar-refractivity contribution is 6.75.